The van der Waals surface area contributed by atoms with Crippen LogP contribution in [-0.4, -0.2) is 36.1 Å². The minimum atomic E-state index is -0.415. The topological polar surface area (TPSA) is 38.5 Å². The molecule has 1 aliphatic heterocycles. The van der Waals surface area contributed by atoms with Gasteiger partial charge in [-0.3, -0.25) is 4.90 Å². The molecule has 5 heteroatoms. The monoisotopic (exact) mass is 268 g/mol. The van der Waals surface area contributed by atoms with E-state index in [4.69, 9.17) is 22.7 Å². The van der Waals surface area contributed by atoms with Gasteiger partial charge in [0.25, 0.3) is 0 Å². The van der Waals surface area contributed by atoms with Crippen molar-refractivity contribution in [1.82, 2.24) is 4.90 Å². The highest BCUT2D eigenvalue weighted by atomic mass is 32.1. The predicted octanol–water partition coefficient (Wildman–Crippen LogP) is 1.93. The molecule has 0 unspecified atom stereocenters. The molecule has 2 N–H and O–H groups in total. The Hall–Kier alpha value is -1.20. The van der Waals surface area contributed by atoms with Crippen molar-refractivity contribution in [2.45, 2.75) is 12.8 Å². The van der Waals surface area contributed by atoms with E-state index in [0.29, 0.717) is 12.2 Å². The maximum absolute atomic E-state index is 13.7. The highest BCUT2D eigenvalue weighted by molar-refractivity contribution is 7.80. The van der Waals surface area contributed by atoms with Crippen molar-refractivity contribution in [3.05, 3.63) is 29.6 Å². The van der Waals surface area contributed by atoms with Crippen LogP contribution in [0.2, 0.25) is 0 Å². The summed E-state index contributed by atoms with van der Waals surface area (Å²) >= 11 is 4.79. The third-order valence-corrected chi connectivity index (χ3v) is 3.32. The summed E-state index contributed by atoms with van der Waals surface area (Å²) in [6.07, 6.45) is 2.49. The molecule has 0 aromatic heterocycles. The van der Waals surface area contributed by atoms with Crippen molar-refractivity contribution in [1.29, 1.82) is 0 Å². The summed E-state index contributed by atoms with van der Waals surface area (Å²) in [4.78, 5) is 2.51. The summed E-state index contributed by atoms with van der Waals surface area (Å²) < 4.78 is 19.1. The Morgan fingerprint density at radius 3 is 2.72 bits per heavy atom. The number of hydrogen-bond acceptors (Lipinski definition) is 3. The van der Waals surface area contributed by atoms with Gasteiger partial charge in [0, 0.05) is 12.1 Å². The number of rotatable bonds is 5. The zero-order valence-corrected chi connectivity index (χ0v) is 11.0. The fourth-order valence-corrected chi connectivity index (χ4v) is 2.19. The van der Waals surface area contributed by atoms with E-state index in [2.05, 4.69) is 4.90 Å². The summed E-state index contributed by atoms with van der Waals surface area (Å²) in [5, 5.41) is 0. The SMILES string of the molecule is NC(=S)c1ccc(OCCN2CCCC2)c(F)c1. The van der Waals surface area contributed by atoms with Crippen LogP contribution in [0.3, 0.4) is 0 Å². The smallest absolute Gasteiger partial charge is 0.165 e. The van der Waals surface area contributed by atoms with Crippen LogP contribution in [0.15, 0.2) is 18.2 Å². The third-order valence-electron chi connectivity index (χ3n) is 3.08. The summed E-state index contributed by atoms with van der Waals surface area (Å²) in [6, 6.07) is 4.57. The van der Waals surface area contributed by atoms with Crippen LogP contribution >= 0.6 is 12.2 Å². The first-order chi connectivity index (χ1) is 8.66. The number of likely N-dealkylation sites (tertiary alicyclic amines) is 1. The van der Waals surface area contributed by atoms with Crippen LogP contribution in [0.25, 0.3) is 0 Å². The van der Waals surface area contributed by atoms with Gasteiger partial charge in [0.2, 0.25) is 0 Å². The molecule has 0 aliphatic carbocycles. The van der Waals surface area contributed by atoms with E-state index in [1.165, 1.54) is 18.9 Å². The molecule has 1 fully saturated rings. The van der Waals surface area contributed by atoms with Crippen molar-refractivity contribution in [2.75, 3.05) is 26.2 Å². The van der Waals surface area contributed by atoms with Crippen LogP contribution in [0.1, 0.15) is 18.4 Å². The van der Waals surface area contributed by atoms with Gasteiger partial charge in [-0.05, 0) is 44.1 Å². The third kappa shape index (κ3) is 3.40. The van der Waals surface area contributed by atoms with Gasteiger partial charge in [0.05, 0.1) is 0 Å². The number of hydrogen-bond donors (Lipinski definition) is 1. The molecule has 0 bridgehead atoms. The molecule has 0 spiro atoms. The minimum Gasteiger partial charge on any atom is -0.489 e. The quantitative estimate of drug-likeness (QED) is 0.828. The molecule has 0 radical (unpaired) electrons. The van der Waals surface area contributed by atoms with Gasteiger partial charge in [-0.15, -0.1) is 0 Å². The summed E-state index contributed by atoms with van der Waals surface area (Å²) in [5.41, 5.74) is 5.96. The minimum absolute atomic E-state index is 0.192. The lowest BCUT2D eigenvalue weighted by atomic mass is 10.2. The second kappa shape index (κ2) is 6.11. The molecule has 0 amide bonds. The Bertz CT molecular complexity index is 433. The van der Waals surface area contributed by atoms with Crippen LogP contribution in [0, 0.1) is 5.82 Å². The van der Waals surface area contributed by atoms with E-state index in [1.54, 1.807) is 12.1 Å². The number of nitrogens with two attached hydrogens (primary N) is 1. The summed E-state index contributed by atoms with van der Waals surface area (Å²) in [5.74, 6) is -0.157. The molecule has 1 heterocycles. The normalized spacial score (nSPS) is 15.8. The van der Waals surface area contributed by atoms with Crippen LogP contribution in [0.5, 0.6) is 5.75 Å². The molecule has 1 aliphatic rings. The van der Waals surface area contributed by atoms with Crippen molar-refractivity contribution >= 4 is 17.2 Å². The average Bonchev–Trinajstić information content (AvgIpc) is 2.84. The molecule has 1 aromatic carbocycles. The van der Waals surface area contributed by atoms with Crippen LogP contribution < -0.4 is 10.5 Å². The highest BCUT2D eigenvalue weighted by Crippen LogP contribution is 2.18. The Morgan fingerprint density at radius 1 is 1.39 bits per heavy atom. The van der Waals surface area contributed by atoms with Crippen molar-refractivity contribution in [3.8, 4) is 5.75 Å². The molecule has 2 rings (SSSR count). The van der Waals surface area contributed by atoms with Gasteiger partial charge < -0.3 is 10.5 Å². The van der Waals surface area contributed by atoms with Gasteiger partial charge >= 0.3 is 0 Å². The molecule has 18 heavy (non-hydrogen) atoms. The number of nitrogens with zero attached hydrogens (tertiary/aromatic N) is 1. The molecule has 3 nitrogen and oxygen atoms in total. The maximum Gasteiger partial charge on any atom is 0.165 e. The van der Waals surface area contributed by atoms with Gasteiger partial charge in [-0.25, -0.2) is 4.39 Å². The van der Waals surface area contributed by atoms with E-state index < -0.39 is 5.82 Å². The fraction of sp³-hybridized carbons (Fsp3) is 0.462. The fourth-order valence-electron chi connectivity index (χ4n) is 2.06. The molecule has 98 valence electrons. The van der Waals surface area contributed by atoms with E-state index >= 15 is 0 Å². The second-order valence-corrected chi connectivity index (χ2v) is 4.85. The standard InChI is InChI=1S/C13H17FN2OS/c14-11-9-10(13(15)18)3-4-12(11)17-8-7-16-5-1-2-6-16/h3-4,9H,1-2,5-8H2,(H2,15,18). The van der Waals surface area contributed by atoms with Gasteiger partial charge in [-0.1, -0.05) is 12.2 Å². The molecule has 1 saturated heterocycles. The van der Waals surface area contributed by atoms with Crippen molar-refractivity contribution in [2.24, 2.45) is 5.73 Å². The summed E-state index contributed by atoms with van der Waals surface area (Å²) in [7, 11) is 0. The number of thiocarbonyl (C=S) groups is 1. The largest absolute Gasteiger partial charge is 0.489 e. The van der Waals surface area contributed by atoms with Crippen LogP contribution in [0.4, 0.5) is 4.39 Å². The van der Waals surface area contributed by atoms with Gasteiger partial charge in [0.1, 0.15) is 11.6 Å². The number of benzene rings is 1. The zero-order valence-electron chi connectivity index (χ0n) is 10.2. The maximum atomic E-state index is 13.7. The van der Waals surface area contributed by atoms with Crippen molar-refractivity contribution in [3.63, 3.8) is 0 Å². The number of halogens is 1. The lowest BCUT2D eigenvalue weighted by molar-refractivity contribution is 0.231. The lowest BCUT2D eigenvalue weighted by Gasteiger charge is -2.15. The van der Waals surface area contributed by atoms with E-state index in [9.17, 15) is 4.39 Å². The van der Waals surface area contributed by atoms with Crippen molar-refractivity contribution < 1.29 is 9.13 Å². The first-order valence-corrected chi connectivity index (χ1v) is 6.52. The average molecular weight is 268 g/mol. The Labute approximate surface area is 112 Å². The second-order valence-electron chi connectivity index (χ2n) is 4.41. The molecule has 0 saturated carbocycles. The molecule has 1 aromatic rings. The van der Waals surface area contributed by atoms with E-state index in [0.717, 1.165) is 19.6 Å². The first-order valence-electron chi connectivity index (χ1n) is 6.11. The predicted molar refractivity (Wildman–Crippen MR) is 73.5 cm³/mol. The summed E-state index contributed by atoms with van der Waals surface area (Å²) in [6.45, 7) is 3.58. The Balaban J connectivity index is 1.87. The highest BCUT2D eigenvalue weighted by Gasteiger charge is 2.12. The van der Waals surface area contributed by atoms with Gasteiger partial charge in [-0.2, -0.15) is 0 Å². The Morgan fingerprint density at radius 2 is 2.11 bits per heavy atom. The molecular weight excluding hydrogens is 251 g/mol. The van der Waals surface area contributed by atoms with E-state index in [-0.39, 0.29) is 10.7 Å². The molecular formula is C13H17FN2OS. The first kappa shape index (κ1) is 13.2. The van der Waals surface area contributed by atoms with Crippen LogP contribution in [-0.2, 0) is 0 Å². The zero-order chi connectivity index (χ0) is 13.0. The van der Waals surface area contributed by atoms with Gasteiger partial charge in [0.15, 0.2) is 11.6 Å². The molecule has 0 atom stereocenters. The lowest BCUT2D eigenvalue weighted by Crippen LogP contribution is -2.25. The number of ether oxygens (including phenoxy) is 1. The van der Waals surface area contributed by atoms with E-state index in [1.807, 2.05) is 0 Å². The Kier molecular flexibility index (Phi) is 4.49.